The Morgan fingerprint density at radius 1 is 0.800 bits per heavy atom. The first-order valence-electron chi connectivity index (χ1n) is 15.2. The van der Waals surface area contributed by atoms with Crippen molar-refractivity contribution in [2.24, 2.45) is 5.92 Å². The Labute approximate surface area is 258 Å². The van der Waals surface area contributed by atoms with Gasteiger partial charge in [0.2, 0.25) is 5.91 Å². The van der Waals surface area contributed by atoms with Crippen LogP contribution in [0.15, 0.2) is 78.9 Å². The summed E-state index contributed by atoms with van der Waals surface area (Å²) >= 11 is 0. The molecule has 2 bridgehead atoms. The Hall–Kier alpha value is -3.41. The molecule has 0 radical (unpaired) electrons. The number of halogens is 6. The van der Waals surface area contributed by atoms with E-state index in [0.29, 0.717) is 44.5 Å². The maximum absolute atomic E-state index is 13.9. The van der Waals surface area contributed by atoms with Gasteiger partial charge in [0, 0.05) is 38.8 Å². The fourth-order valence-corrected chi connectivity index (χ4v) is 7.16. The molecule has 3 aliphatic heterocycles. The van der Waals surface area contributed by atoms with Crippen LogP contribution in [0, 0.1) is 5.92 Å². The van der Waals surface area contributed by atoms with Gasteiger partial charge < -0.3 is 15.0 Å². The SMILES string of the molecule is O=C(C1CC2(c3ccccc3)NC1CCC2OCc1cc(C(F)(F)F)cc(C(F)(F)F)c1)N1CCN(Cc2ccccc2)CC1. The molecule has 0 saturated carbocycles. The fraction of sp³-hybridized carbons (Fsp3) is 0.441. The molecule has 3 heterocycles. The number of carbonyl (C=O) groups excluding carboxylic acids is 1. The lowest BCUT2D eigenvalue weighted by molar-refractivity contribution is -0.143. The quantitative estimate of drug-likeness (QED) is 0.298. The van der Waals surface area contributed by atoms with E-state index in [4.69, 9.17) is 4.74 Å². The zero-order valence-corrected chi connectivity index (χ0v) is 24.6. The zero-order valence-electron chi connectivity index (χ0n) is 24.6. The number of carbonyl (C=O) groups is 1. The van der Waals surface area contributed by atoms with Crippen molar-refractivity contribution < 1.29 is 35.9 Å². The van der Waals surface area contributed by atoms with Crippen molar-refractivity contribution >= 4 is 5.91 Å². The number of benzene rings is 3. The molecule has 4 atom stereocenters. The van der Waals surface area contributed by atoms with Crippen LogP contribution in [0.5, 0.6) is 0 Å². The second kappa shape index (κ2) is 12.4. The Kier molecular flexibility index (Phi) is 8.71. The first kappa shape index (κ1) is 31.6. The van der Waals surface area contributed by atoms with Gasteiger partial charge in [0.05, 0.1) is 35.3 Å². The van der Waals surface area contributed by atoms with E-state index < -0.39 is 41.7 Å². The number of piperidine rings is 1. The zero-order chi connectivity index (χ0) is 31.8. The predicted molar refractivity (Wildman–Crippen MR) is 156 cm³/mol. The lowest BCUT2D eigenvalue weighted by Crippen LogP contribution is -2.55. The van der Waals surface area contributed by atoms with Crippen LogP contribution in [0.4, 0.5) is 26.3 Å². The van der Waals surface area contributed by atoms with Crippen LogP contribution in [0.2, 0.25) is 0 Å². The van der Waals surface area contributed by atoms with Gasteiger partial charge in [-0.3, -0.25) is 9.69 Å². The molecule has 3 aromatic carbocycles. The van der Waals surface area contributed by atoms with Gasteiger partial charge in [0.1, 0.15) is 0 Å². The van der Waals surface area contributed by atoms with Crippen LogP contribution in [-0.4, -0.2) is 54.0 Å². The van der Waals surface area contributed by atoms with Crippen molar-refractivity contribution in [3.05, 3.63) is 107 Å². The number of amides is 1. The van der Waals surface area contributed by atoms with Crippen molar-refractivity contribution in [3.63, 3.8) is 0 Å². The molecule has 3 saturated heterocycles. The Morgan fingerprint density at radius 3 is 2.00 bits per heavy atom. The number of fused-ring (bicyclic) bond motifs is 2. The average Bonchev–Trinajstić information content (AvgIpc) is 3.34. The molecular formula is C34H35F6N3O2. The summed E-state index contributed by atoms with van der Waals surface area (Å²) in [5.41, 5.74) is -1.66. The third-order valence-corrected chi connectivity index (χ3v) is 9.40. The fourth-order valence-electron chi connectivity index (χ4n) is 7.16. The third kappa shape index (κ3) is 6.76. The molecule has 3 aromatic rings. The highest BCUT2D eigenvalue weighted by molar-refractivity contribution is 5.80. The van der Waals surface area contributed by atoms with Crippen molar-refractivity contribution in [2.75, 3.05) is 26.2 Å². The predicted octanol–water partition coefficient (Wildman–Crippen LogP) is 6.62. The van der Waals surface area contributed by atoms with E-state index in [1.165, 1.54) is 5.56 Å². The van der Waals surface area contributed by atoms with Gasteiger partial charge >= 0.3 is 12.4 Å². The molecule has 6 rings (SSSR count). The van der Waals surface area contributed by atoms with Crippen LogP contribution >= 0.6 is 0 Å². The van der Waals surface area contributed by atoms with Crippen molar-refractivity contribution in [1.29, 1.82) is 0 Å². The molecule has 1 amide bonds. The monoisotopic (exact) mass is 631 g/mol. The van der Waals surface area contributed by atoms with Crippen molar-refractivity contribution in [3.8, 4) is 0 Å². The number of ether oxygens (including phenoxy) is 1. The Balaban J connectivity index is 1.18. The van der Waals surface area contributed by atoms with E-state index in [1.807, 2.05) is 53.4 Å². The largest absolute Gasteiger partial charge is 0.416 e. The summed E-state index contributed by atoms with van der Waals surface area (Å²) in [6, 6.07) is 21.1. The number of nitrogens with one attached hydrogen (secondary N) is 1. The summed E-state index contributed by atoms with van der Waals surface area (Å²) in [6.07, 6.45) is -8.92. The van der Waals surface area contributed by atoms with E-state index >= 15 is 0 Å². The second-order valence-electron chi connectivity index (χ2n) is 12.3. The van der Waals surface area contributed by atoms with Gasteiger partial charge in [0.25, 0.3) is 0 Å². The molecule has 0 aromatic heterocycles. The average molecular weight is 632 g/mol. The molecule has 5 nitrogen and oxygen atoms in total. The van der Waals surface area contributed by atoms with E-state index in [9.17, 15) is 31.1 Å². The molecule has 45 heavy (non-hydrogen) atoms. The number of alkyl halides is 6. The summed E-state index contributed by atoms with van der Waals surface area (Å²) in [6.45, 7) is 3.15. The lowest BCUT2D eigenvalue weighted by atomic mass is 9.80. The van der Waals surface area contributed by atoms with Gasteiger partial charge in [-0.05, 0) is 54.2 Å². The highest BCUT2D eigenvalue weighted by atomic mass is 19.4. The van der Waals surface area contributed by atoms with Crippen LogP contribution in [-0.2, 0) is 40.6 Å². The number of nitrogens with zero attached hydrogens (tertiary/aromatic N) is 2. The summed E-state index contributed by atoms with van der Waals surface area (Å²) < 4.78 is 87.0. The van der Waals surface area contributed by atoms with Crippen LogP contribution in [0.3, 0.4) is 0 Å². The summed E-state index contributed by atoms with van der Waals surface area (Å²) in [4.78, 5) is 18.2. The third-order valence-electron chi connectivity index (χ3n) is 9.40. The number of piperazine rings is 1. The maximum Gasteiger partial charge on any atom is 0.416 e. The Bertz CT molecular complexity index is 1440. The highest BCUT2D eigenvalue weighted by Gasteiger charge is 2.56. The molecule has 0 aliphatic carbocycles. The minimum atomic E-state index is -4.94. The minimum absolute atomic E-state index is 0.0676. The van der Waals surface area contributed by atoms with Crippen molar-refractivity contribution in [2.45, 2.75) is 62.5 Å². The van der Waals surface area contributed by atoms with Crippen molar-refractivity contribution in [1.82, 2.24) is 15.1 Å². The lowest BCUT2D eigenvalue weighted by Gasteiger charge is -2.42. The number of rotatable bonds is 7. The normalized spacial score (nSPS) is 25.8. The summed E-state index contributed by atoms with van der Waals surface area (Å²) in [5.74, 6) is -0.261. The standard InChI is InChI=1S/C34H35F6N3O2/c35-33(36,37)26-17-24(18-27(19-26)34(38,39)40)22-45-30-12-11-29-28(20-32(30,41-29)25-9-5-2-6-10-25)31(44)43-15-13-42(14-16-43)21-23-7-3-1-4-8-23/h1-10,17-19,28-30,41H,11-16,20-22H2. The van der Waals surface area contributed by atoms with Gasteiger partial charge in [-0.2, -0.15) is 26.3 Å². The molecule has 3 fully saturated rings. The molecule has 11 heteroatoms. The van der Waals surface area contributed by atoms with E-state index in [-0.39, 0.29) is 29.5 Å². The smallest absolute Gasteiger partial charge is 0.371 e. The number of hydrogen-bond donors (Lipinski definition) is 1. The van der Waals surface area contributed by atoms with Gasteiger partial charge in [0.15, 0.2) is 0 Å². The van der Waals surface area contributed by atoms with Crippen LogP contribution < -0.4 is 5.32 Å². The second-order valence-corrected chi connectivity index (χ2v) is 12.3. The Morgan fingerprint density at radius 2 is 1.40 bits per heavy atom. The van der Waals surface area contributed by atoms with Gasteiger partial charge in [-0.25, -0.2) is 0 Å². The maximum atomic E-state index is 13.9. The molecule has 4 unspecified atom stereocenters. The number of hydrogen-bond acceptors (Lipinski definition) is 4. The van der Waals surface area contributed by atoms with E-state index in [1.54, 1.807) is 0 Å². The van der Waals surface area contributed by atoms with E-state index in [0.717, 1.165) is 25.2 Å². The molecule has 3 aliphatic rings. The molecular weight excluding hydrogens is 596 g/mol. The van der Waals surface area contributed by atoms with Crippen LogP contribution in [0.1, 0.15) is 47.1 Å². The first-order valence-corrected chi connectivity index (χ1v) is 15.2. The molecule has 1 N–H and O–H groups in total. The molecule has 240 valence electrons. The van der Waals surface area contributed by atoms with Crippen LogP contribution in [0.25, 0.3) is 0 Å². The first-order chi connectivity index (χ1) is 21.4. The topological polar surface area (TPSA) is 44.8 Å². The van der Waals surface area contributed by atoms with E-state index in [2.05, 4.69) is 22.3 Å². The summed E-state index contributed by atoms with van der Waals surface area (Å²) in [7, 11) is 0. The minimum Gasteiger partial charge on any atom is -0.371 e. The highest BCUT2D eigenvalue weighted by Crippen LogP contribution is 2.48. The summed E-state index contributed by atoms with van der Waals surface area (Å²) in [5, 5.41) is 3.65. The van der Waals surface area contributed by atoms with Gasteiger partial charge in [-0.15, -0.1) is 0 Å². The molecule has 0 spiro atoms. The van der Waals surface area contributed by atoms with Gasteiger partial charge in [-0.1, -0.05) is 60.7 Å².